The van der Waals surface area contributed by atoms with Gasteiger partial charge in [0.2, 0.25) is 5.91 Å². The van der Waals surface area contributed by atoms with Crippen molar-refractivity contribution in [2.24, 2.45) is 0 Å². The molecular formula is C19H28N2O5S. The number of benzene rings is 1. The molecule has 0 saturated carbocycles. The summed E-state index contributed by atoms with van der Waals surface area (Å²) < 4.78 is 29.0. The van der Waals surface area contributed by atoms with Gasteiger partial charge in [-0.3, -0.25) is 4.79 Å². The molecule has 8 heteroatoms. The Kier molecular flexibility index (Phi) is 6.51. The minimum atomic E-state index is -3.13. The highest BCUT2D eigenvalue weighted by Crippen LogP contribution is 2.23. The second kappa shape index (κ2) is 8.29. The van der Waals surface area contributed by atoms with E-state index in [0.29, 0.717) is 18.5 Å². The molecule has 0 radical (unpaired) electrons. The molecule has 7 nitrogen and oxygen atoms in total. The molecule has 1 aliphatic heterocycles. The predicted octanol–water partition coefficient (Wildman–Crippen LogP) is 2.29. The number of hydrogen-bond donors (Lipinski definition) is 1. The lowest BCUT2D eigenvalue weighted by atomic mass is 10.0. The number of nitrogens with one attached hydrogen (secondary N) is 1. The number of ether oxygens (including phenoxy) is 1. The van der Waals surface area contributed by atoms with Crippen molar-refractivity contribution in [1.82, 2.24) is 10.2 Å². The highest BCUT2D eigenvalue weighted by molar-refractivity contribution is 7.91. The van der Waals surface area contributed by atoms with Crippen LogP contribution in [0.25, 0.3) is 0 Å². The fourth-order valence-electron chi connectivity index (χ4n) is 3.14. The largest absolute Gasteiger partial charge is 0.444 e. The highest BCUT2D eigenvalue weighted by Gasteiger charge is 2.37. The number of likely N-dealkylation sites (N-methyl/N-ethyl adjacent to an activating group) is 1. The molecule has 27 heavy (non-hydrogen) atoms. The Labute approximate surface area is 161 Å². The monoisotopic (exact) mass is 396 g/mol. The third-order valence-corrected chi connectivity index (χ3v) is 6.06. The number of amides is 2. The molecule has 1 aromatic carbocycles. The van der Waals surface area contributed by atoms with Gasteiger partial charge >= 0.3 is 6.09 Å². The number of hydrogen-bond acceptors (Lipinski definition) is 5. The van der Waals surface area contributed by atoms with E-state index in [0.717, 1.165) is 0 Å². The molecule has 1 aliphatic rings. The van der Waals surface area contributed by atoms with Crippen LogP contribution in [-0.4, -0.2) is 55.0 Å². The van der Waals surface area contributed by atoms with Gasteiger partial charge in [0.05, 0.1) is 11.5 Å². The number of sulfone groups is 1. The van der Waals surface area contributed by atoms with Crippen LogP contribution in [-0.2, 0) is 19.4 Å². The van der Waals surface area contributed by atoms with Crippen LogP contribution >= 0.6 is 0 Å². The summed E-state index contributed by atoms with van der Waals surface area (Å²) in [5.41, 5.74) is -0.0779. The standard InChI is InChI=1S/C19H28N2O5S/c1-5-21(15-11-12-27(24,25)13-15)17(22)16(14-9-7-6-8-10-14)20-18(23)26-19(2,3)4/h6-10,15-16H,5,11-13H2,1-4H3,(H,20,23). The first-order valence-corrected chi connectivity index (χ1v) is 10.9. The molecule has 0 spiro atoms. The summed E-state index contributed by atoms with van der Waals surface area (Å²) >= 11 is 0. The van der Waals surface area contributed by atoms with E-state index >= 15 is 0 Å². The van der Waals surface area contributed by atoms with Crippen LogP contribution in [0.15, 0.2) is 30.3 Å². The van der Waals surface area contributed by atoms with Crippen LogP contribution in [0.5, 0.6) is 0 Å². The van der Waals surface area contributed by atoms with Gasteiger partial charge in [0, 0.05) is 12.6 Å². The number of carbonyl (C=O) groups is 2. The van der Waals surface area contributed by atoms with Gasteiger partial charge in [-0.1, -0.05) is 30.3 Å². The average Bonchev–Trinajstić information content (AvgIpc) is 2.92. The molecule has 1 aromatic rings. The van der Waals surface area contributed by atoms with E-state index in [-0.39, 0.29) is 23.5 Å². The number of carbonyl (C=O) groups excluding carboxylic acids is 2. The first-order valence-electron chi connectivity index (χ1n) is 9.08. The fraction of sp³-hybridized carbons (Fsp3) is 0.579. The molecule has 0 aliphatic carbocycles. The molecule has 2 rings (SSSR count). The Morgan fingerprint density at radius 2 is 1.89 bits per heavy atom. The average molecular weight is 397 g/mol. The van der Waals surface area contributed by atoms with Gasteiger partial charge in [0.1, 0.15) is 11.6 Å². The van der Waals surface area contributed by atoms with E-state index in [9.17, 15) is 18.0 Å². The van der Waals surface area contributed by atoms with Crippen LogP contribution in [0.3, 0.4) is 0 Å². The lowest BCUT2D eigenvalue weighted by molar-refractivity contribution is -0.135. The van der Waals surface area contributed by atoms with Crippen molar-refractivity contribution in [2.75, 3.05) is 18.1 Å². The van der Waals surface area contributed by atoms with Gasteiger partial charge in [0.15, 0.2) is 9.84 Å². The summed E-state index contributed by atoms with van der Waals surface area (Å²) in [6.45, 7) is 7.39. The van der Waals surface area contributed by atoms with Gasteiger partial charge < -0.3 is 15.0 Å². The third kappa shape index (κ3) is 5.95. The molecule has 1 fully saturated rings. The highest BCUT2D eigenvalue weighted by atomic mass is 32.2. The molecular weight excluding hydrogens is 368 g/mol. The van der Waals surface area contributed by atoms with Crippen molar-refractivity contribution in [3.63, 3.8) is 0 Å². The van der Waals surface area contributed by atoms with Gasteiger partial charge in [-0.25, -0.2) is 13.2 Å². The Morgan fingerprint density at radius 3 is 2.37 bits per heavy atom. The van der Waals surface area contributed by atoms with E-state index in [1.807, 2.05) is 6.07 Å². The second-order valence-electron chi connectivity index (χ2n) is 7.67. The molecule has 0 bridgehead atoms. The van der Waals surface area contributed by atoms with Gasteiger partial charge in [-0.2, -0.15) is 0 Å². The fourth-order valence-corrected chi connectivity index (χ4v) is 4.87. The normalized spacial score (nSPS) is 19.9. The van der Waals surface area contributed by atoms with Crippen LogP contribution in [0, 0.1) is 0 Å². The van der Waals surface area contributed by atoms with Crippen molar-refractivity contribution in [3.05, 3.63) is 35.9 Å². The van der Waals surface area contributed by atoms with Crippen molar-refractivity contribution in [3.8, 4) is 0 Å². The summed E-state index contributed by atoms with van der Waals surface area (Å²) in [5.74, 6) is -0.297. The van der Waals surface area contributed by atoms with Crippen LogP contribution in [0.2, 0.25) is 0 Å². The number of nitrogens with zero attached hydrogens (tertiary/aromatic N) is 1. The Morgan fingerprint density at radius 1 is 1.26 bits per heavy atom. The van der Waals surface area contributed by atoms with Gasteiger partial charge in [-0.05, 0) is 39.7 Å². The van der Waals surface area contributed by atoms with Crippen LogP contribution in [0.4, 0.5) is 4.79 Å². The zero-order valence-corrected chi connectivity index (χ0v) is 17.1. The summed E-state index contributed by atoms with van der Waals surface area (Å²) in [5, 5.41) is 2.65. The lowest BCUT2D eigenvalue weighted by Gasteiger charge is -2.31. The predicted molar refractivity (Wildman–Crippen MR) is 103 cm³/mol. The van der Waals surface area contributed by atoms with Gasteiger partial charge in [-0.15, -0.1) is 0 Å². The molecule has 2 amide bonds. The van der Waals surface area contributed by atoms with E-state index in [4.69, 9.17) is 4.74 Å². The first-order chi connectivity index (χ1) is 12.5. The second-order valence-corrected chi connectivity index (χ2v) is 9.90. The topological polar surface area (TPSA) is 92.8 Å². The van der Waals surface area contributed by atoms with Crippen LogP contribution in [0.1, 0.15) is 45.7 Å². The molecule has 2 atom stereocenters. The van der Waals surface area contributed by atoms with Crippen LogP contribution < -0.4 is 5.32 Å². The quantitative estimate of drug-likeness (QED) is 0.824. The lowest BCUT2D eigenvalue weighted by Crippen LogP contribution is -2.48. The Bertz CT molecular complexity index is 771. The Hall–Kier alpha value is -2.09. The zero-order chi connectivity index (χ0) is 20.2. The van der Waals surface area contributed by atoms with Crippen molar-refractivity contribution in [2.45, 2.75) is 51.8 Å². The van der Waals surface area contributed by atoms with E-state index < -0.39 is 27.6 Å². The van der Waals surface area contributed by atoms with E-state index in [1.165, 1.54) is 0 Å². The van der Waals surface area contributed by atoms with Crippen molar-refractivity contribution < 1.29 is 22.7 Å². The van der Waals surface area contributed by atoms with E-state index in [2.05, 4.69) is 5.32 Å². The summed E-state index contributed by atoms with van der Waals surface area (Å²) in [7, 11) is -3.13. The van der Waals surface area contributed by atoms with Crippen molar-refractivity contribution >= 4 is 21.8 Å². The number of rotatable bonds is 5. The van der Waals surface area contributed by atoms with Gasteiger partial charge in [0.25, 0.3) is 0 Å². The Balaban J connectivity index is 2.26. The maximum atomic E-state index is 13.2. The minimum absolute atomic E-state index is 0.0411. The molecule has 150 valence electrons. The maximum absolute atomic E-state index is 13.2. The molecule has 2 unspecified atom stereocenters. The first kappa shape index (κ1) is 21.2. The molecule has 1 saturated heterocycles. The molecule has 0 aromatic heterocycles. The molecule has 1 heterocycles. The van der Waals surface area contributed by atoms with Crippen molar-refractivity contribution in [1.29, 1.82) is 0 Å². The van der Waals surface area contributed by atoms with E-state index in [1.54, 1.807) is 56.9 Å². The smallest absolute Gasteiger partial charge is 0.408 e. The SMILES string of the molecule is CCN(C(=O)C(NC(=O)OC(C)(C)C)c1ccccc1)C1CCS(=O)(=O)C1. The maximum Gasteiger partial charge on any atom is 0.408 e. The molecule has 1 N–H and O–H groups in total. The summed E-state index contributed by atoms with van der Waals surface area (Å²) in [6, 6.07) is 7.56. The number of alkyl carbamates (subject to hydrolysis) is 1. The third-order valence-electron chi connectivity index (χ3n) is 4.31. The zero-order valence-electron chi connectivity index (χ0n) is 16.3. The summed E-state index contributed by atoms with van der Waals surface area (Å²) in [4.78, 5) is 27.1. The minimum Gasteiger partial charge on any atom is -0.444 e. The summed E-state index contributed by atoms with van der Waals surface area (Å²) in [6.07, 6.45) is -0.282.